The van der Waals surface area contributed by atoms with E-state index in [1.54, 1.807) is 6.08 Å². The third-order valence-electron chi connectivity index (χ3n) is 5.58. The van der Waals surface area contributed by atoms with E-state index in [1.807, 2.05) is 57.2 Å². The molecule has 2 aliphatic rings. The van der Waals surface area contributed by atoms with E-state index in [9.17, 15) is 9.59 Å². The topological polar surface area (TPSA) is 61.9 Å². The highest BCUT2D eigenvalue weighted by atomic mass is 32.1. The predicted octanol–water partition coefficient (Wildman–Crippen LogP) is 3.28. The van der Waals surface area contributed by atoms with Crippen LogP contribution in [0.1, 0.15) is 22.3 Å². The SMILES string of the molecule is Cc1ccc(N2C(=O)/C(=C/c3ccc(N4CCOCC4)c(C)c3)C(=O)NC2=S)c(C)c1. The van der Waals surface area contributed by atoms with Gasteiger partial charge in [0.1, 0.15) is 5.57 Å². The molecular weight excluding hydrogens is 410 g/mol. The Bertz CT molecular complexity index is 1100. The molecule has 0 aliphatic carbocycles. The summed E-state index contributed by atoms with van der Waals surface area (Å²) in [5, 5.41) is 2.75. The number of amides is 2. The van der Waals surface area contributed by atoms with Crippen molar-refractivity contribution in [2.24, 2.45) is 0 Å². The number of nitrogens with zero attached hydrogens (tertiary/aromatic N) is 2. The van der Waals surface area contributed by atoms with Crippen LogP contribution in [0.3, 0.4) is 0 Å². The predicted molar refractivity (Wildman–Crippen MR) is 126 cm³/mol. The van der Waals surface area contributed by atoms with Crippen molar-refractivity contribution in [3.05, 3.63) is 64.2 Å². The van der Waals surface area contributed by atoms with Crippen molar-refractivity contribution >= 4 is 46.6 Å². The van der Waals surface area contributed by atoms with E-state index < -0.39 is 11.8 Å². The molecule has 7 heteroatoms. The monoisotopic (exact) mass is 435 g/mol. The minimum atomic E-state index is -0.481. The number of nitrogens with one attached hydrogen (secondary N) is 1. The summed E-state index contributed by atoms with van der Waals surface area (Å²) in [6.45, 7) is 9.08. The molecule has 2 fully saturated rings. The number of hydrogen-bond acceptors (Lipinski definition) is 5. The highest BCUT2D eigenvalue weighted by molar-refractivity contribution is 7.80. The van der Waals surface area contributed by atoms with E-state index in [4.69, 9.17) is 17.0 Å². The van der Waals surface area contributed by atoms with Gasteiger partial charge in [0.25, 0.3) is 11.8 Å². The lowest BCUT2D eigenvalue weighted by Gasteiger charge is -2.31. The second-order valence-corrected chi connectivity index (χ2v) is 8.28. The van der Waals surface area contributed by atoms with Gasteiger partial charge in [0, 0.05) is 18.8 Å². The van der Waals surface area contributed by atoms with Crippen molar-refractivity contribution in [2.75, 3.05) is 36.1 Å². The van der Waals surface area contributed by atoms with E-state index in [-0.39, 0.29) is 10.7 Å². The summed E-state index contributed by atoms with van der Waals surface area (Å²) >= 11 is 5.31. The van der Waals surface area contributed by atoms with Gasteiger partial charge in [-0.25, -0.2) is 0 Å². The molecular formula is C24H25N3O3S. The number of benzene rings is 2. The molecule has 4 rings (SSSR count). The summed E-state index contributed by atoms with van der Waals surface area (Å²) < 4.78 is 5.43. The number of aryl methyl sites for hydroxylation is 3. The van der Waals surface area contributed by atoms with Crippen molar-refractivity contribution in [1.29, 1.82) is 0 Å². The number of morpholine rings is 1. The molecule has 2 saturated heterocycles. The van der Waals surface area contributed by atoms with Crippen LogP contribution in [0.4, 0.5) is 11.4 Å². The van der Waals surface area contributed by atoms with E-state index in [0.717, 1.165) is 41.0 Å². The largest absolute Gasteiger partial charge is 0.378 e. The van der Waals surface area contributed by atoms with Crippen LogP contribution in [0.25, 0.3) is 6.08 Å². The van der Waals surface area contributed by atoms with Crippen molar-refractivity contribution in [1.82, 2.24) is 5.32 Å². The third-order valence-corrected chi connectivity index (χ3v) is 5.86. The molecule has 0 unspecified atom stereocenters. The van der Waals surface area contributed by atoms with E-state index in [0.29, 0.717) is 18.9 Å². The first-order valence-electron chi connectivity index (χ1n) is 10.3. The molecule has 31 heavy (non-hydrogen) atoms. The van der Waals surface area contributed by atoms with Gasteiger partial charge in [-0.05, 0) is 74.0 Å². The van der Waals surface area contributed by atoms with Gasteiger partial charge in [-0.1, -0.05) is 23.8 Å². The van der Waals surface area contributed by atoms with Gasteiger partial charge in [-0.3, -0.25) is 19.8 Å². The van der Waals surface area contributed by atoms with Gasteiger partial charge in [-0.2, -0.15) is 0 Å². The fraction of sp³-hybridized carbons (Fsp3) is 0.292. The smallest absolute Gasteiger partial charge is 0.270 e. The van der Waals surface area contributed by atoms with Gasteiger partial charge in [0.05, 0.1) is 18.9 Å². The molecule has 2 aliphatic heterocycles. The highest BCUT2D eigenvalue weighted by Gasteiger charge is 2.35. The molecule has 0 atom stereocenters. The zero-order chi connectivity index (χ0) is 22.1. The number of rotatable bonds is 3. The van der Waals surface area contributed by atoms with Crippen molar-refractivity contribution in [2.45, 2.75) is 20.8 Å². The fourth-order valence-corrected chi connectivity index (χ4v) is 4.30. The molecule has 0 bridgehead atoms. The Morgan fingerprint density at radius 2 is 1.65 bits per heavy atom. The van der Waals surface area contributed by atoms with E-state index in [2.05, 4.69) is 10.2 Å². The third kappa shape index (κ3) is 4.24. The molecule has 2 aromatic carbocycles. The molecule has 0 radical (unpaired) electrons. The second kappa shape index (κ2) is 8.61. The lowest BCUT2D eigenvalue weighted by molar-refractivity contribution is -0.122. The molecule has 0 aromatic heterocycles. The zero-order valence-corrected chi connectivity index (χ0v) is 18.7. The minimum absolute atomic E-state index is 0.0621. The first-order valence-corrected chi connectivity index (χ1v) is 10.7. The minimum Gasteiger partial charge on any atom is -0.378 e. The van der Waals surface area contributed by atoms with Crippen LogP contribution in [0.2, 0.25) is 0 Å². The van der Waals surface area contributed by atoms with Gasteiger partial charge in [0.15, 0.2) is 5.11 Å². The quantitative estimate of drug-likeness (QED) is 0.456. The van der Waals surface area contributed by atoms with Crippen LogP contribution < -0.4 is 15.1 Å². The summed E-state index contributed by atoms with van der Waals surface area (Å²) in [4.78, 5) is 29.6. The van der Waals surface area contributed by atoms with Crippen LogP contribution >= 0.6 is 12.2 Å². The number of carbonyl (C=O) groups excluding carboxylic acids is 2. The van der Waals surface area contributed by atoms with Crippen molar-refractivity contribution in [3.8, 4) is 0 Å². The van der Waals surface area contributed by atoms with Crippen molar-refractivity contribution < 1.29 is 14.3 Å². The van der Waals surface area contributed by atoms with Crippen LogP contribution in [-0.2, 0) is 14.3 Å². The molecule has 6 nitrogen and oxygen atoms in total. The van der Waals surface area contributed by atoms with Crippen LogP contribution in [0.5, 0.6) is 0 Å². The van der Waals surface area contributed by atoms with Gasteiger partial charge in [0.2, 0.25) is 0 Å². The average Bonchev–Trinajstić information content (AvgIpc) is 2.73. The molecule has 0 saturated carbocycles. The Labute approximate surface area is 187 Å². The Hall–Kier alpha value is -3.03. The summed E-state index contributed by atoms with van der Waals surface area (Å²) in [6.07, 6.45) is 1.63. The van der Waals surface area contributed by atoms with Crippen molar-refractivity contribution in [3.63, 3.8) is 0 Å². The van der Waals surface area contributed by atoms with Crippen LogP contribution in [0.15, 0.2) is 42.0 Å². The zero-order valence-electron chi connectivity index (χ0n) is 17.9. The molecule has 160 valence electrons. The molecule has 0 spiro atoms. The fourth-order valence-electron chi connectivity index (χ4n) is 4.03. The maximum absolute atomic E-state index is 13.3. The summed E-state index contributed by atoms with van der Waals surface area (Å²) in [7, 11) is 0. The van der Waals surface area contributed by atoms with Gasteiger partial charge < -0.3 is 9.64 Å². The number of ether oxygens (including phenoxy) is 1. The second-order valence-electron chi connectivity index (χ2n) is 7.89. The Morgan fingerprint density at radius 1 is 0.968 bits per heavy atom. The molecule has 2 aromatic rings. The summed E-state index contributed by atoms with van der Waals surface area (Å²) in [6, 6.07) is 11.7. The van der Waals surface area contributed by atoms with Crippen LogP contribution in [-0.4, -0.2) is 43.2 Å². The molecule has 1 N–H and O–H groups in total. The Kier molecular flexibility index (Phi) is 5.89. The molecule has 2 heterocycles. The van der Waals surface area contributed by atoms with E-state index >= 15 is 0 Å². The van der Waals surface area contributed by atoms with E-state index in [1.165, 1.54) is 4.90 Å². The normalized spacial score (nSPS) is 18.5. The maximum Gasteiger partial charge on any atom is 0.270 e. The molecule has 2 amide bonds. The Morgan fingerprint density at radius 3 is 2.32 bits per heavy atom. The lowest BCUT2D eigenvalue weighted by atomic mass is 10.0. The van der Waals surface area contributed by atoms with Crippen LogP contribution in [0, 0.1) is 20.8 Å². The van der Waals surface area contributed by atoms with Gasteiger partial charge >= 0.3 is 0 Å². The summed E-state index contributed by atoms with van der Waals surface area (Å²) in [5.74, 6) is -0.901. The standard InChI is InChI=1S/C24H25N3O3S/c1-15-4-6-21(16(2)12-15)27-23(29)19(22(28)25-24(27)31)14-18-5-7-20(17(3)13-18)26-8-10-30-11-9-26/h4-7,12-14H,8-11H2,1-3H3,(H,25,28,31)/b19-14+. The first-order chi connectivity index (χ1) is 14.8. The number of thiocarbonyl (C=S) groups is 1. The lowest BCUT2D eigenvalue weighted by Crippen LogP contribution is -2.54. The number of hydrogen-bond donors (Lipinski definition) is 1. The Balaban J connectivity index is 1.66. The average molecular weight is 436 g/mol. The first kappa shape index (κ1) is 21.2. The highest BCUT2D eigenvalue weighted by Crippen LogP contribution is 2.27. The van der Waals surface area contributed by atoms with Gasteiger partial charge in [-0.15, -0.1) is 0 Å². The summed E-state index contributed by atoms with van der Waals surface area (Å²) in [5.41, 5.74) is 5.76. The maximum atomic E-state index is 13.3. The number of carbonyl (C=O) groups is 2. The number of anilines is 2.